The quantitative estimate of drug-likeness (QED) is 0.223. The average molecular weight is 463 g/mol. The molecule has 0 radical (unpaired) electrons. The van der Waals surface area contributed by atoms with Crippen molar-refractivity contribution in [1.29, 1.82) is 0 Å². The number of hydrogen-bond donors (Lipinski definition) is 0. The molecule has 0 N–H and O–H groups in total. The highest BCUT2D eigenvalue weighted by molar-refractivity contribution is 7.99. The minimum absolute atomic E-state index is 0.0465. The number of rotatable bonds is 7. The van der Waals surface area contributed by atoms with E-state index in [1.54, 1.807) is 23.7 Å². The first-order valence-electron chi connectivity index (χ1n) is 9.84. The van der Waals surface area contributed by atoms with Gasteiger partial charge in [-0.1, -0.05) is 42.1 Å². The number of carbonyl (C=O) groups is 1. The zero-order valence-electron chi connectivity index (χ0n) is 17.5. The van der Waals surface area contributed by atoms with E-state index in [0.717, 1.165) is 5.56 Å². The first-order valence-corrected chi connectivity index (χ1v) is 10.8. The minimum Gasteiger partial charge on any atom is -0.315 e. The van der Waals surface area contributed by atoms with Crippen LogP contribution in [0, 0.1) is 15.9 Å². The van der Waals surface area contributed by atoms with Crippen molar-refractivity contribution < 1.29 is 14.1 Å². The monoisotopic (exact) mass is 463 g/mol. The summed E-state index contributed by atoms with van der Waals surface area (Å²) in [5.41, 5.74) is 1.99. The third-order valence-electron chi connectivity index (χ3n) is 4.90. The van der Waals surface area contributed by atoms with Crippen molar-refractivity contribution in [3.05, 3.63) is 94.8 Å². The van der Waals surface area contributed by atoms with Crippen LogP contribution in [0.15, 0.2) is 84.0 Å². The lowest BCUT2D eigenvalue weighted by molar-refractivity contribution is -0.384. The molecule has 10 heteroatoms. The second-order valence-corrected chi connectivity index (χ2v) is 7.94. The van der Waals surface area contributed by atoms with Crippen LogP contribution in [-0.4, -0.2) is 38.4 Å². The van der Waals surface area contributed by atoms with Gasteiger partial charge in [-0.25, -0.2) is 4.39 Å². The Morgan fingerprint density at radius 2 is 1.70 bits per heavy atom. The van der Waals surface area contributed by atoms with Gasteiger partial charge in [-0.2, -0.15) is 0 Å². The molecule has 0 saturated heterocycles. The highest BCUT2D eigenvalue weighted by Crippen LogP contribution is 2.28. The Labute approximate surface area is 192 Å². The molecule has 0 aliphatic rings. The van der Waals surface area contributed by atoms with Gasteiger partial charge >= 0.3 is 0 Å². The summed E-state index contributed by atoms with van der Waals surface area (Å²) in [7, 11) is 1.60. The Morgan fingerprint density at radius 1 is 1.03 bits per heavy atom. The first kappa shape index (κ1) is 22.2. The highest BCUT2D eigenvalue weighted by atomic mass is 32.2. The number of benzene rings is 3. The Bertz CT molecular complexity index is 1280. The van der Waals surface area contributed by atoms with Gasteiger partial charge in [-0.3, -0.25) is 19.5 Å². The number of nitro groups is 1. The Balaban J connectivity index is 1.57. The molecule has 0 saturated carbocycles. The molecule has 0 unspecified atom stereocenters. The standard InChI is InChI=1S/C23H18FN5O3S/c1-27(18-11-13-20(14-12-18)29(31)32)21(30)15-33-23-26-25-22(16-5-3-2-4-6-16)28(23)19-9-7-17(24)8-10-19/h2-14H,15H2,1H3. The number of aromatic nitrogens is 3. The number of thioether (sulfide) groups is 1. The summed E-state index contributed by atoms with van der Waals surface area (Å²) in [4.78, 5) is 24.5. The van der Waals surface area contributed by atoms with Crippen LogP contribution in [0.3, 0.4) is 0 Å². The molecule has 1 aromatic heterocycles. The van der Waals surface area contributed by atoms with E-state index in [1.807, 2.05) is 30.3 Å². The molecule has 33 heavy (non-hydrogen) atoms. The second-order valence-electron chi connectivity index (χ2n) is 7.00. The van der Waals surface area contributed by atoms with Gasteiger partial charge in [-0.15, -0.1) is 10.2 Å². The largest absolute Gasteiger partial charge is 0.315 e. The van der Waals surface area contributed by atoms with Crippen molar-refractivity contribution in [3.8, 4) is 17.1 Å². The number of halogens is 1. The van der Waals surface area contributed by atoms with E-state index in [2.05, 4.69) is 10.2 Å². The fraction of sp³-hybridized carbons (Fsp3) is 0.0870. The molecule has 0 fully saturated rings. The average Bonchev–Trinajstić information content (AvgIpc) is 3.27. The zero-order valence-corrected chi connectivity index (χ0v) is 18.3. The topological polar surface area (TPSA) is 94.2 Å². The van der Waals surface area contributed by atoms with E-state index in [1.165, 1.54) is 53.1 Å². The van der Waals surface area contributed by atoms with Gasteiger partial charge in [0.15, 0.2) is 11.0 Å². The fourth-order valence-electron chi connectivity index (χ4n) is 3.13. The molecule has 8 nitrogen and oxygen atoms in total. The van der Waals surface area contributed by atoms with E-state index < -0.39 is 4.92 Å². The summed E-state index contributed by atoms with van der Waals surface area (Å²) >= 11 is 1.20. The van der Waals surface area contributed by atoms with Gasteiger partial charge in [-0.05, 0) is 36.4 Å². The van der Waals surface area contributed by atoms with E-state index in [4.69, 9.17) is 0 Å². The number of nitro benzene ring substituents is 1. The van der Waals surface area contributed by atoms with Gasteiger partial charge in [0, 0.05) is 36.1 Å². The number of amides is 1. The van der Waals surface area contributed by atoms with Crippen LogP contribution in [0.25, 0.3) is 17.1 Å². The second kappa shape index (κ2) is 9.61. The molecular formula is C23H18FN5O3S. The fourth-order valence-corrected chi connectivity index (χ4v) is 3.99. The van der Waals surface area contributed by atoms with Crippen molar-refractivity contribution in [2.45, 2.75) is 5.16 Å². The van der Waals surface area contributed by atoms with Crippen LogP contribution in [0.1, 0.15) is 0 Å². The van der Waals surface area contributed by atoms with Crippen LogP contribution in [0.5, 0.6) is 0 Å². The molecule has 166 valence electrons. The molecule has 4 aromatic rings. The van der Waals surface area contributed by atoms with Crippen LogP contribution < -0.4 is 4.90 Å². The Morgan fingerprint density at radius 3 is 2.33 bits per heavy atom. The van der Waals surface area contributed by atoms with Gasteiger partial charge in [0.1, 0.15) is 5.82 Å². The molecular weight excluding hydrogens is 445 g/mol. The van der Waals surface area contributed by atoms with Gasteiger partial charge in [0.25, 0.3) is 5.69 Å². The lowest BCUT2D eigenvalue weighted by Crippen LogP contribution is -2.28. The minimum atomic E-state index is -0.492. The smallest absolute Gasteiger partial charge is 0.269 e. The molecule has 0 aliphatic heterocycles. The summed E-state index contributed by atoms with van der Waals surface area (Å²) in [6.07, 6.45) is 0. The third-order valence-corrected chi connectivity index (χ3v) is 5.81. The van der Waals surface area contributed by atoms with Crippen LogP contribution in [0.4, 0.5) is 15.8 Å². The number of non-ortho nitro benzene ring substituents is 1. The molecule has 1 amide bonds. The molecule has 1 heterocycles. The maximum atomic E-state index is 13.5. The molecule has 0 atom stereocenters. The maximum absolute atomic E-state index is 13.5. The van der Waals surface area contributed by atoms with Gasteiger partial charge in [0.05, 0.1) is 10.7 Å². The molecule has 4 rings (SSSR count). The summed E-state index contributed by atoms with van der Waals surface area (Å²) in [6, 6.07) is 21.2. The predicted octanol–water partition coefficient (Wildman–Crippen LogP) is 4.74. The number of anilines is 1. The number of hydrogen-bond acceptors (Lipinski definition) is 6. The number of nitrogens with zero attached hydrogens (tertiary/aromatic N) is 5. The SMILES string of the molecule is CN(C(=O)CSc1nnc(-c2ccccc2)n1-c1ccc(F)cc1)c1ccc([N+](=O)[O-])cc1. The third kappa shape index (κ3) is 4.90. The predicted molar refractivity (Wildman–Crippen MR) is 124 cm³/mol. The van der Waals surface area contributed by atoms with E-state index in [0.29, 0.717) is 22.4 Å². The van der Waals surface area contributed by atoms with Gasteiger partial charge in [0.2, 0.25) is 5.91 Å². The normalized spacial score (nSPS) is 10.7. The van der Waals surface area contributed by atoms with Gasteiger partial charge < -0.3 is 4.90 Å². The summed E-state index contributed by atoms with van der Waals surface area (Å²) in [6.45, 7) is 0. The van der Waals surface area contributed by atoms with Crippen LogP contribution in [-0.2, 0) is 4.79 Å². The molecule has 3 aromatic carbocycles. The molecule has 0 aliphatic carbocycles. The lowest BCUT2D eigenvalue weighted by atomic mass is 10.2. The van der Waals surface area contributed by atoms with Crippen molar-refractivity contribution in [3.63, 3.8) is 0 Å². The molecule has 0 bridgehead atoms. The summed E-state index contributed by atoms with van der Waals surface area (Å²) < 4.78 is 15.3. The van der Waals surface area contributed by atoms with Crippen molar-refractivity contribution in [1.82, 2.24) is 14.8 Å². The van der Waals surface area contributed by atoms with E-state index in [9.17, 15) is 19.3 Å². The number of carbonyl (C=O) groups excluding carboxylic acids is 1. The maximum Gasteiger partial charge on any atom is 0.269 e. The Kier molecular flexibility index (Phi) is 6.45. The van der Waals surface area contributed by atoms with Crippen molar-refractivity contribution in [2.24, 2.45) is 0 Å². The summed E-state index contributed by atoms with van der Waals surface area (Å²) in [5.74, 6) is 0.0496. The van der Waals surface area contributed by atoms with Crippen molar-refractivity contribution in [2.75, 3.05) is 17.7 Å². The van der Waals surface area contributed by atoms with E-state index >= 15 is 0 Å². The van der Waals surface area contributed by atoms with Crippen LogP contribution in [0.2, 0.25) is 0 Å². The molecule has 0 spiro atoms. The lowest BCUT2D eigenvalue weighted by Gasteiger charge is -2.17. The van der Waals surface area contributed by atoms with Crippen LogP contribution >= 0.6 is 11.8 Å². The zero-order chi connectivity index (χ0) is 23.4. The highest BCUT2D eigenvalue weighted by Gasteiger charge is 2.19. The van der Waals surface area contributed by atoms with Crippen molar-refractivity contribution >= 4 is 29.0 Å². The Hall–Kier alpha value is -4.05. The summed E-state index contributed by atoms with van der Waals surface area (Å²) in [5, 5.41) is 19.9. The first-order chi connectivity index (χ1) is 15.9. The van der Waals surface area contributed by atoms with E-state index in [-0.39, 0.29) is 23.2 Å².